The first kappa shape index (κ1) is 20.5. The number of likely N-dealkylation sites (tertiary alicyclic amines) is 1. The van der Waals surface area contributed by atoms with Crippen LogP contribution in [-0.2, 0) is 4.79 Å². The van der Waals surface area contributed by atoms with Crippen LogP contribution in [-0.4, -0.2) is 85.4 Å². The van der Waals surface area contributed by atoms with E-state index in [4.69, 9.17) is 0 Å². The van der Waals surface area contributed by atoms with Gasteiger partial charge in [-0.3, -0.25) is 24.6 Å². The van der Waals surface area contributed by atoms with Crippen LogP contribution in [0.4, 0.5) is 0 Å². The van der Waals surface area contributed by atoms with E-state index < -0.39 is 0 Å². The molecular weight excluding hydrogens is 382 g/mol. The van der Waals surface area contributed by atoms with E-state index in [0.29, 0.717) is 30.5 Å². The fourth-order valence-electron chi connectivity index (χ4n) is 4.52. The summed E-state index contributed by atoms with van der Waals surface area (Å²) in [7, 11) is 0. The van der Waals surface area contributed by atoms with Crippen molar-refractivity contribution in [1.82, 2.24) is 34.9 Å². The lowest BCUT2D eigenvalue weighted by Crippen LogP contribution is -2.48. The minimum absolute atomic E-state index is 0.0156. The van der Waals surface area contributed by atoms with Crippen molar-refractivity contribution >= 4 is 11.8 Å². The van der Waals surface area contributed by atoms with Crippen LogP contribution in [0.2, 0.25) is 0 Å². The third-order valence-corrected chi connectivity index (χ3v) is 6.15. The summed E-state index contributed by atoms with van der Waals surface area (Å²) in [6.45, 7) is 7.36. The number of amides is 2. The van der Waals surface area contributed by atoms with Gasteiger partial charge in [-0.15, -0.1) is 0 Å². The number of hydrogen-bond acceptors (Lipinski definition) is 6. The molecule has 2 aromatic heterocycles. The molecule has 1 unspecified atom stereocenters. The first-order valence-corrected chi connectivity index (χ1v) is 10.6. The molecule has 2 aliphatic heterocycles. The van der Waals surface area contributed by atoms with Crippen molar-refractivity contribution in [2.75, 3.05) is 32.7 Å². The molecule has 4 rings (SSSR count). The van der Waals surface area contributed by atoms with Gasteiger partial charge in [0.2, 0.25) is 5.91 Å². The Morgan fingerprint density at radius 3 is 2.47 bits per heavy atom. The fraction of sp³-hybridized carbons (Fsp3) is 0.571. The highest BCUT2D eigenvalue weighted by Gasteiger charge is 2.36. The molecule has 2 saturated heterocycles. The molecule has 0 bridgehead atoms. The van der Waals surface area contributed by atoms with Gasteiger partial charge in [-0.05, 0) is 38.3 Å². The zero-order valence-electron chi connectivity index (χ0n) is 17.6. The summed E-state index contributed by atoms with van der Waals surface area (Å²) in [4.78, 5) is 39.9. The number of rotatable bonds is 3. The summed E-state index contributed by atoms with van der Waals surface area (Å²) in [5.41, 5.74) is 0.630. The van der Waals surface area contributed by atoms with E-state index in [-0.39, 0.29) is 17.9 Å². The van der Waals surface area contributed by atoms with Gasteiger partial charge in [0.1, 0.15) is 11.9 Å². The van der Waals surface area contributed by atoms with E-state index in [2.05, 4.69) is 25.1 Å². The Morgan fingerprint density at radius 1 is 1.10 bits per heavy atom. The highest BCUT2D eigenvalue weighted by Crippen LogP contribution is 2.28. The highest BCUT2D eigenvalue weighted by atomic mass is 16.2. The van der Waals surface area contributed by atoms with Gasteiger partial charge >= 0.3 is 0 Å². The molecule has 0 aliphatic carbocycles. The second kappa shape index (κ2) is 8.91. The van der Waals surface area contributed by atoms with Gasteiger partial charge < -0.3 is 9.80 Å². The second-order valence-electron chi connectivity index (χ2n) is 8.11. The predicted molar refractivity (Wildman–Crippen MR) is 111 cm³/mol. The minimum atomic E-state index is -0.219. The molecule has 0 radical (unpaired) electrons. The Morgan fingerprint density at radius 2 is 1.83 bits per heavy atom. The number of piperidine rings is 1. The molecule has 30 heavy (non-hydrogen) atoms. The maximum atomic E-state index is 13.3. The number of aryl methyl sites for hydroxylation is 1. The lowest BCUT2D eigenvalue weighted by atomic mass is 10.0. The Labute approximate surface area is 176 Å². The van der Waals surface area contributed by atoms with Crippen LogP contribution in [0.5, 0.6) is 0 Å². The molecule has 9 nitrogen and oxygen atoms in total. The van der Waals surface area contributed by atoms with E-state index in [1.54, 1.807) is 31.5 Å². The number of nitrogens with zero attached hydrogens (tertiary/aromatic N) is 6. The van der Waals surface area contributed by atoms with Crippen LogP contribution in [0.15, 0.2) is 24.5 Å². The lowest BCUT2D eigenvalue weighted by Gasteiger charge is -2.39. The van der Waals surface area contributed by atoms with Crippen LogP contribution in [0.3, 0.4) is 0 Å². The summed E-state index contributed by atoms with van der Waals surface area (Å²) >= 11 is 0. The monoisotopic (exact) mass is 411 g/mol. The van der Waals surface area contributed by atoms with Crippen molar-refractivity contribution < 1.29 is 9.59 Å². The van der Waals surface area contributed by atoms with Gasteiger partial charge in [-0.25, -0.2) is 4.98 Å². The van der Waals surface area contributed by atoms with Crippen molar-refractivity contribution in [3.8, 4) is 0 Å². The smallest absolute Gasteiger partial charge is 0.254 e. The van der Waals surface area contributed by atoms with E-state index in [1.165, 1.54) is 0 Å². The maximum absolute atomic E-state index is 13.3. The molecule has 0 spiro atoms. The number of H-pyrrole nitrogens is 1. The average Bonchev–Trinajstić information content (AvgIpc) is 3.07. The molecule has 1 atom stereocenters. The standard InChI is InChI=1S/C21H29N7O2/c1-15-23-20(25-24-15)19-14-27(18-6-12-26(13-7-18)16(2)29)10-3-11-28(19)21(30)17-4-8-22-9-5-17/h4-5,8-9,18-19H,3,6-7,10-14H2,1-2H3,(H,23,24,25). The van der Waals surface area contributed by atoms with Crippen LogP contribution in [0, 0.1) is 6.92 Å². The summed E-state index contributed by atoms with van der Waals surface area (Å²) in [6.07, 6.45) is 6.09. The number of carbonyl (C=O) groups excluding carboxylic acids is 2. The Hall–Kier alpha value is -2.81. The van der Waals surface area contributed by atoms with E-state index in [0.717, 1.165) is 44.7 Å². The van der Waals surface area contributed by atoms with Gasteiger partial charge in [-0.2, -0.15) is 5.10 Å². The largest absolute Gasteiger partial charge is 0.343 e. The Balaban J connectivity index is 1.56. The molecule has 2 amide bonds. The molecular formula is C21H29N7O2. The molecule has 4 heterocycles. The highest BCUT2D eigenvalue weighted by molar-refractivity contribution is 5.94. The van der Waals surface area contributed by atoms with Crippen LogP contribution >= 0.6 is 0 Å². The summed E-state index contributed by atoms with van der Waals surface area (Å²) < 4.78 is 0. The van der Waals surface area contributed by atoms with Crippen molar-refractivity contribution in [2.45, 2.75) is 45.2 Å². The second-order valence-corrected chi connectivity index (χ2v) is 8.11. The van der Waals surface area contributed by atoms with Crippen molar-refractivity contribution in [2.24, 2.45) is 0 Å². The fourth-order valence-corrected chi connectivity index (χ4v) is 4.52. The van der Waals surface area contributed by atoms with Crippen molar-refractivity contribution in [3.05, 3.63) is 41.7 Å². The van der Waals surface area contributed by atoms with Crippen molar-refractivity contribution in [3.63, 3.8) is 0 Å². The van der Waals surface area contributed by atoms with Crippen molar-refractivity contribution in [1.29, 1.82) is 0 Å². The molecule has 0 aromatic carbocycles. The topological polar surface area (TPSA) is 98.3 Å². The third-order valence-electron chi connectivity index (χ3n) is 6.15. The van der Waals surface area contributed by atoms with Crippen LogP contribution in [0.1, 0.15) is 54.2 Å². The SMILES string of the molecule is CC(=O)N1CCC(N2CCCN(C(=O)c3ccncc3)C(c3n[nH]c(C)n3)C2)CC1. The first-order valence-electron chi connectivity index (χ1n) is 10.6. The number of hydrogen-bond donors (Lipinski definition) is 1. The van der Waals surface area contributed by atoms with Crippen LogP contribution in [0.25, 0.3) is 0 Å². The first-order chi connectivity index (χ1) is 14.5. The zero-order valence-corrected chi connectivity index (χ0v) is 17.6. The predicted octanol–water partition coefficient (Wildman–Crippen LogP) is 1.41. The molecule has 2 fully saturated rings. The number of carbonyl (C=O) groups is 2. The summed E-state index contributed by atoms with van der Waals surface area (Å²) in [5, 5.41) is 7.33. The molecule has 160 valence electrons. The van der Waals surface area contributed by atoms with Crippen LogP contribution < -0.4 is 0 Å². The Bertz CT molecular complexity index is 876. The van der Waals surface area contributed by atoms with E-state index in [1.807, 2.05) is 16.7 Å². The molecule has 1 N–H and O–H groups in total. The maximum Gasteiger partial charge on any atom is 0.254 e. The van der Waals surface area contributed by atoms with Gasteiger partial charge in [0.25, 0.3) is 5.91 Å². The Kier molecular flexibility index (Phi) is 6.08. The van der Waals surface area contributed by atoms with Gasteiger partial charge in [0.15, 0.2) is 5.82 Å². The van der Waals surface area contributed by atoms with Gasteiger partial charge in [0, 0.05) is 63.6 Å². The molecule has 0 saturated carbocycles. The summed E-state index contributed by atoms with van der Waals surface area (Å²) in [6, 6.07) is 3.69. The third kappa shape index (κ3) is 4.35. The number of aromatic nitrogens is 4. The number of nitrogens with one attached hydrogen (secondary N) is 1. The quantitative estimate of drug-likeness (QED) is 0.820. The van der Waals surface area contributed by atoms with Gasteiger partial charge in [-0.1, -0.05) is 0 Å². The van der Waals surface area contributed by atoms with E-state index >= 15 is 0 Å². The number of pyridine rings is 1. The normalized spacial score (nSPS) is 21.5. The average molecular weight is 412 g/mol. The zero-order chi connectivity index (χ0) is 21.1. The lowest BCUT2D eigenvalue weighted by molar-refractivity contribution is -0.130. The molecule has 2 aromatic rings. The summed E-state index contributed by atoms with van der Waals surface area (Å²) in [5.74, 6) is 1.53. The minimum Gasteiger partial charge on any atom is -0.343 e. The molecule has 2 aliphatic rings. The van der Waals surface area contributed by atoms with E-state index in [9.17, 15) is 9.59 Å². The molecule has 9 heteroatoms. The number of aromatic amines is 1. The van der Waals surface area contributed by atoms with Gasteiger partial charge in [0.05, 0.1) is 0 Å².